The first-order valence-electron chi connectivity index (χ1n) is 5.48. The molecule has 0 aliphatic carbocycles. The molecule has 1 aliphatic rings. The topological polar surface area (TPSA) is 99.6 Å². The molecule has 1 aliphatic heterocycles. The summed E-state index contributed by atoms with van der Waals surface area (Å²) in [7, 11) is 0. The second kappa shape index (κ2) is 5.70. The van der Waals surface area contributed by atoms with Crippen molar-refractivity contribution in [3.05, 3.63) is 23.9 Å². The highest BCUT2D eigenvalue weighted by atomic mass is 32.2. The lowest BCUT2D eigenvalue weighted by Gasteiger charge is -2.11. The number of amides is 3. The number of nitrogens with one attached hydrogen (secondary N) is 1. The minimum atomic E-state index is -1.02. The van der Waals surface area contributed by atoms with Gasteiger partial charge in [-0.15, -0.1) is 11.8 Å². The zero-order valence-electron chi connectivity index (χ0n) is 9.83. The molecule has 19 heavy (non-hydrogen) atoms. The minimum Gasteiger partial charge on any atom is -0.478 e. The smallest absolute Gasteiger partial charge is 0.335 e. The molecule has 1 saturated heterocycles. The molecule has 0 atom stereocenters. The summed E-state index contributed by atoms with van der Waals surface area (Å²) in [5.41, 5.74) is 0.160. The number of hydrogen-bond donors (Lipinski definition) is 2. The standard InChI is InChI=1S/C11H11N3O4S/c15-9-6-13-11(18)14(9)3-4-19-8-5-7(10(16)17)1-2-12-8/h1-2,5H,3-4,6H2,(H,13,18)(H,16,17). The average Bonchev–Trinajstić information content (AvgIpc) is 2.71. The van der Waals surface area contributed by atoms with Gasteiger partial charge in [0.2, 0.25) is 5.91 Å². The highest BCUT2D eigenvalue weighted by molar-refractivity contribution is 7.99. The molecule has 0 unspecified atom stereocenters. The highest BCUT2D eigenvalue weighted by Gasteiger charge is 2.27. The van der Waals surface area contributed by atoms with Gasteiger partial charge in [-0.2, -0.15) is 0 Å². The van der Waals surface area contributed by atoms with E-state index < -0.39 is 12.0 Å². The van der Waals surface area contributed by atoms with Gasteiger partial charge < -0.3 is 10.4 Å². The molecule has 8 heteroatoms. The van der Waals surface area contributed by atoms with E-state index in [4.69, 9.17) is 5.11 Å². The van der Waals surface area contributed by atoms with Crippen molar-refractivity contribution in [1.29, 1.82) is 0 Å². The Hall–Kier alpha value is -2.09. The van der Waals surface area contributed by atoms with E-state index in [9.17, 15) is 14.4 Å². The SMILES string of the molecule is O=C(O)c1ccnc(SCCN2C(=O)CNC2=O)c1. The van der Waals surface area contributed by atoms with E-state index in [0.29, 0.717) is 10.8 Å². The van der Waals surface area contributed by atoms with Crippen molar-refractivity contribution in [2.24, 2.45) is 0 Å². The summed E-state index contributed by atoms with van der Waals surface area (Å²) in [6, 6.07) is 2.47. The molecule has 0 aromatic carbocycles. The van der Waals surface area contributed by atoms with Crippen LogP contribution in [0.25, 0.3) is 0 Å². The summed E-state index contributed by atoms with van der Waals surface area (Å²) < 4.78 is 0. The van der Waals surface area contributed by atoms with Crippen LogP contribution in [-0.2, 0) is 4.79 Å². The Kier molecular flexibility index (Phi) is 4.00. The molecule has 7 nitrogen and oxygen atoms in total. The summed E-state index contributed by atoms with van der Waals surface area (Å²) in [5.74, 6) is -0.800. The third-order valence-corrected chi connectivity index (χ3v) is 3.39. The van der Waals surface area contributed by atoms with Crippen LogP contribution >= 0.6 is 11.8 Å². The van der Waals surface area contributed by atoms with Crippen molar-refractivity contribution in [2.75, 3.05) is 18.8 Å². The van der Waals surface area contributed by atoms with Crippen molar-refractivity contribution in [3.8, 4) is 0 Å². The molecule has 0 bridgehead atoms. The number of urea groups is 1. The van der Waals surface area contributed by atoms with E-state index in [1.54, 1.807) is 0 Å². The Bertz CT molecular complexity index is 518. The minimum absolute atomic E-state index is 0.0379. The Morgan fingerprint density at radius 3 is 2.95 bits per heavy atom. The normalized spacial score (nSPS) is 14.6. The number of aromatic carboxylic acids is 1. The third-order valence-electron chi connectivity index (χ3n) is 2.48. The first kappa shape index (κ1) is 13.3. The first-order chi connectivity index (χ1) is 9.08. The third kappa shape index (κ3) is 3.22. The molecule has 0 saturated carbocycles. The van der Waals surface area contributed by atoms with Crippen LogP contribution in [0.3, 0.4) is 0 Å². The van der Waals surface area contributed by atoms with Crippen molar-refractivity contribution in [2.45, 2.75) is 5.03 Å². The number of rotatable bonds is 5. The van der Waals surface area contributed by atoms with Gasteiger partial charge in [0.15, 0.2) is 0 Å². The summed E-state index contributed by atoms with van der Waals surface area (Å²) in [5, 5.41) is 11.8. The van der Waals surface area contributed by atoms with Crippen LogP contribution in [0.4, 0.5) is 4.79 Å². The van der Waals surface area contributed by atoms with Crippen LogP contribution in [0.1, 0.15) is 10.4 Å². The summed E-state index contributed by atoms with van der Waals surface area (Å²) in [4.78, 5) is 38.5. The number of carboxylic acid groups (broad SMARTS) is 1. The van der Waals surface area contributed by atoms with Crippen LogP contribution in [0, 0.1) is 0 Å². The monoisotopic (exact) mass is 281 g/mol. The fourth-order valence-corrected chi connectivity index (χ4v) is 2.37. The lowest BCUT2D eigenvalue weighted by Crippen LogP contribution is -2.32. The summed E-state index contributed by atoms with van der Waals surface area (Å²) in [6.45, 7) is 0.310. The van der Waals surface area contributed by atoms with Gasteiger partial charge in [0.25, 0.3) is 0 Å². The van der Waals surface area contributed by atoms with Gasteiger partial charge in [-0.3, -0.25) is 9.69 Å². The molecule has 3 amide bonds. The molecular weight excluding hydrogens is 270 g/mol. The second-order valence-electron chi connectivity index (χ2n) is 3.74. The molecule has 2 rings (SSSR count). The number of carboxylic acids is 1. The van der Waals surface area contributed by atoms with Crippen LogP contribution in [0.2, 0.25) is 0 Å². The van der Waals surface area contributed by atoms with Gasteiger partial charge in [-0.05, 0) is 12.1 Å². The summed E-state index contributed by atoms with van der Waals surface area (Å²) in [6.07, 6.45) is 1.42. The lowest BCUT2D eigenvalue weighted by atomic mass is 10.3. The molecule has 2 N–H and O–H groups in total. The van der Waals surface area contributed by atoms with Gasteiger partial charge in [0.05, 0.1) is 17.1 Å². The molecule has 2 heterocycles. The zero-order valence-corrected chi connectivity index (χ0v) is 10.6. The fourth-order valence-electron chi connectivity index (χ4n) is 1.54. The van der Waals surface area contributed by atoms with Gasteiger partial charge in [0, 0.05) is 18.5 Å². The van der Waals surface area contributed by atoms with E-state index in [2.05, 4.69) is 10.3 Å². The van der Waals surface area contributed by atoms with Crippen molar-refractivity contribution in [1.82, 2.24) is 15.2 Å². The highest BCUT2D eigenvalue weighted by Crippen LogP contribution is 2.16. The molecule has 1 aromatic rings. The Morgan fingerprint density at radius 2 is 2.32 bits per heavy atom. The van der Waals surface area contributed by atoms with E-state index in [0.717, 1.165) is 4.90 Å². The largest absolute Gasteiger partial charge is 0.478 e. The molecule has 0 spiro atoms. The maximum absolute atomic E-state index is 11.3. The van der Waals surface area contributed by atoms with E-state index in [-0.39, 0.29) is 24.6 Å². The van der Waals surface area contributed by atoms with Crippen molar-refractivity contribution in [3.63, 3.8) is 0 Å². The molecule has 1 fully saturated rings. The zero-order chi connectivity index (χ0) is 13.8. The van der Waals surface area contributed by atoms with E-state index in [1.807, 2.05) is 0 Å². The van der Waals surface area contributed by atoms with Crippen molar-refractivity contribution < 1.29 is 19.5 Å². The second-order valence-corrected chi connectivity index (χ2v) is 4.86. The predicted molar refractivity (Wildman–Crippen MR) is 67.0 cm³/mol. The number of aromatic nitrogens is 1. The number of pyridine rings is 1. The number of carbonyl (C=O) groups excluding carboxylic acids is 2. The number of hydrogen-bond acceptors (Lipinski definition) is 5. The Balaban J connectivity index is 1.89. The van der Waals surface area contributed by atoms with Crippen molar-refractivity contribution >= 4 is 29.7 Å². The Labute approximate surface area is 113 Å². The summed E-state index contributed by atoms with van der Waals surface area (Å²) >= 11 is 1.29. The predicted octanol–water partition coefficient (Wildman–Crippen LogP) is 0.424. The lowest BCUT2D eigenvalue weighted by molar-refractivity contribution is -0.124. The number of nitrogens with zero attached hydrogens (tertiary/aromatic N) is 2. The fraction of sp³-hybridized carbons (Fsp3) is 0.273. The molecule has 100 valence electrons. The van der Waals surface area contributed by atoms with Crippen LogP contribution in [0.5, 0.6) is 0 Å². The van der Waals surface area contributed by atoms with Gasteiger partial charge in [0.1, 0.15) is 0 Å². The van der Waals surface area contributed by atoms with Gasteiger partial charge >= 0.3 is 12.0 Å². The Morgan fingerprint density at radius 1 is 1.53 bits per heavy atom. The average molecular weight is 281 g/mol. The van der Waals surface area contributed by atoms with Crippen LogP contribution < -0.4 is 5.32 Å². The van der Waals surface area contributed by atoms with E-state index >= 15 is 0 Å². The maximum Gasteiger partial charge on any atom is 0.335 e. The van der Waals surface area contributed by atoms with E-state index in [1.165, 1.54) is 30.1 Å². The van der Waals surface area contributed by atoms with Crippen LogP contribution in [-0.4, -0.2) is 51.7 Å². The van der Waals surface area contributed by atoms with Gasteiger partial charge in [-0.1, -0.05) is 0 Å². The first-order valence-corrected chi connectivity index (χ1v) is 6.47. The van der Waals surface area contributed by atoms with Gasteiger partial charge in [-0.25, -0.2) is 14.6 Å². The number of thioether (sulfide) groups is 1. The number of imide groups is 1. The maximum atomic E-state index is 11.3. The molecule has 0 radical (unpaired) electrons. The molecular formula is C11H11N3O4S. The molecule has 1 aromatic heterocycles. The van der Waals surface area contributed by atoms with Crippen LogP contribution in [0.15, 0.2) is 23.4 Å². The number of carbonyl (C=O) groups is 3. The quantitative estimate of drug-likeness (QED) is 0.599.